The number of carbonyl (C=O) groups is 1. The van der Waals surface area contributed by atoms with Crippen LogP contribution in [0.15, 0.2) is 62.0 Å². The van der Waals surface area contributed by atoms with Gasteiger partial charge in [-0.05, 0) is 44.0 Å². The summed E-state index contributed by atoms with van der Waals surface area (Å²) in [6, 6.07) is 15.1. The van der Waals surface area contributed by atoms with Crippen molar-refractivity contribution in [1.29, 1.82) is 5.26 Å². The van der Waals surface area contributed by atoms with E-state index in [1.165, 1.54) is 6.26 Å². The van der Waals surface area contributed by atoms with E-state index in [-0.39, 0.29) is 29.5 Å². The molecule has 4 heterocycles. The number of nitrogens with one attached hydrogen (secondary N) is 1. The molecule has 1 fully saturated rings. The number of amides is 1. The molecule has 32 heavy (non-hydrogen) atoms. The molecule has 1 amide bonds. The number of furan rings is 2. The van der Waals surface area contributed by atoms with Crippen molar-refractivity contribution < 1.29 is 18.0 Å². The van der Waals surface area contributed by atoms with Gasteiger partial charge in [0, 0.05) is 24.4 Å². The van der Waals surface area contributed by atoms with Gasteiger partial charge in [-0.15, -0.1) is 0 Å². The Morgan fingerprint density at radius 2 is 2.03 bits per heavy atom. The van der Waals surface area contributed by atoms with Crippen LogP contribution in [-0.4, -0.2) is 24.0 Å². The Morgan fingerprint density at radius 1 is 1.22 bits per heavy atom. The molecule has 5 rings (SSSR count). The third-order valence-corrected chi connectivity index (χ3v) is 5.83. The highest BCUT2D eigenvalue weighted by Gasteiger charge is 2.30. The summed E-state index contributed by atoms with van der Waals surface area (Å²) in [5.41, 5.74) is 1.03. The van der Waals surface area contributed by atoms with Gasteiger partial charge in [0.2, 0.25) is 17.5 Å². The molecule has 1 aromatic carbocycles. The van der Waals surface area contributed by atoms with E-state index in [0.29, 0.717) is 37.6 Å². The second-order valence-electron chi connectivity index (χ2n) is 7.94. The van der Waals surface area contributed by atoms with Crippen molar-refractivity contribution >= 4 is 22.8 Å². The third kappa shape index (κ3) is 3.73. The molecule has 1 aliphatic rings. The van der Waals surface area contributed by atoms with E-state index < -0.39 is 0 Å². The summed E-state index contributed by atoms with van der Waals surface area (Å²) < 4.78 is 17.0. The highest BCUT2D eigenvalue weighted by molar-refractivity contribution is 5.80. The Labute approximate surface area is 184 Å². The fourth-order valence-corrected chi connectivity index (χ4v) is 4.07. The van der Waals surface area contributed by atoms with Gasteiger partial charge in [0.1, 0.15) is 17.4 Å². The fourth-order valence-electron chi connectivity index (χ4n) is 4.07. The molecular formula is C24H22N4O4. The Morgan fingerprint density at radius 3 is 2.75 bits per heavy atom. The number of para-hydroxylation sites is 1. The van der Waals surface area contributed by atoms with Gasteiger partial charge in [0.05, 0.1) is 12.3 Å². The van der Waals surface area contributed by atoms with Gasteiger partial charge in [-0.3, -0.25) is 4.79 Å². The van der Waals surface area contributed by atoms with E-state index in [0.717, 1.165) is 16.7 Å². The maximum atomic E-state index is 12.9. The summed E-state index contributed by atoms with van der Waals surface area (Å²) in [6.45, 7) is 3.12. The van der Waals surface area contributed by atoms with E-state index in [4.69, 9.17) is 13.3 Å². The molecule has 1 atom stereocenters. The molecule has 1 aliphatic heterocycles. The van der Waals surface area contributed by atoms with Gasteiger partial charge >= 0.3 is 0 Å². The number of nitriles is 1. The fraction of sp³-hybridized carbons (Fsp3) is 0.292. The first-order chi connectivity index (χ1) is 15.6. The molecule has 1 N–H and O–H groups in total. The highest BCUT2D eigenvalue weighted by atomic mass is 16.4. The minimum absolute atomic E-state index is 0.00644. The summed E-state index contributed by atoms with van der Waals surface area (Å²) in [7, 11) is 0. The van der Waals surface area contributed by atoms with E-state index in [9.17, 15) is 10.1 Å². The molecule has 0 spiro atoms. The summed E-state index contributed by atoms with van der Waals surface area (Å²) in [4.78, 5) is 19.1. The first-order valence-corrected chi connectivity index (χ1v) is 10.6. The van der Waals surface area contributed by atoms with Gasteiger partial charge < -0.3 is 23.5 Å². The van der Waals surface area contributed by atoms with Gasteiger partial charge in [0.25, 0.3) is 5.89 Å². The second kappa shape index (κ2) is 8.27. The van der Waals surface area contributed by atoms with E-state index in [1.54, 1.807) is 12.1 Å². The summed E-state index contributed by atoms with van der Waals surface area (Å²) in [6.07, 6.45) is 2.84. The van der Waals surface area contributed by atoms with Crippen LogP contribution in [0.4, 0.5) is 5.88 Å². The zero-order chi connectivity index (χ0) is 22.1. The lowest BCUT2D eigenvalue weighted by atomic mass is 9.95. The number of fused-ring (bicyclic) bond motifs is 1. The first-order valence-electron chi connectivity index (χ1n) is 10.6. The third-order valence-electron chi connectivity index (χ3n) is 5.83. The Kier molecular flexibility index (Phi) is 5.15. The van der Waals surface area contributed by atoms with Crippen LogP contribution in [-0.2, 0) is 4.79 Å². The number of hydrogen-bond donors (Lipinski definition) is 1. The summed E-state index contributed by atoms with van der Waals surface area (Å²) in [5.74, 6) is 1.81. The van der Waals surface area contributed by atoms with Crippen molar-refractivity contribution in [2.24, 2.45) is 5.92 Å². The Hall–Kier alpha value is -3.99. The molecule has 0 bridgehead atoms. The van der Waals surface area contributed by atoms with Crippen LogP contribution in [0.25, 0.3) is 22.6 Å². The van der Waals surface area contributed by atoms with Gasteiger partial charge in [0.15, 0.2) is 5.76 Å². The number of anilines is 1. The monoisotopic (exact) mass is 430 g/mol. The Bertz CT molecular complexity index is 1240. The number of hydrogen-bond acceptors (Lipinski definition) is 7. The number of rotatable bonds is 5. The molecule has 8 nitrogen and oxygen atoms in total. The number of piperidine rings is 1. The lowest BCUT2D eigenvalue weighted by Gasteiger charge is -2.31. The van der Waals surface area contributed by atoms with Crippen molar-refractivity contribution in [2.75, 3.05) is 18.0 Å². The van der Waals surface area contributed by atoms with Crippen molar-refractivity contribution in [3.63, 3.8) is 0 Å². The van der Waals surface area contributed by atoms with E-state index in [1.807, 2.05) is 42.2 Å². The average Bonchev–Trinajstić information content (AvgIpc) is 3.57. The van der Waals surface area contributed by atoms with Crippen LogP contribution in [0.3, 0.4) is 0 Å². The van der Waals surface area contributed by atoms with Crippen LogP contribution in [0.2, 0.25) is 0 Å². The number of carbonyl (C=O) groups excluding carboxylic acids is 1. The normalized spacial score (nSPS) is 15.6. The minimum atomic E-state index is -0.219. The second-order valence-corrected chi connectivity index (χ2v) is 7.94. The predicted molar refractivity (Wildman–Crippen MR) is 117 cm³/mol. The average molecular weight is 430 g/mol. The topological polar surface area (TPSA) is 108 Å². The number of benzene rings is 1. The van der Waals surface area contributed by atoms with Crippen molar-refractivity contribution in [3.8, 4) is 17.7 Å². The van der Waals surface area contributed by atoms with Crippen LogP contribution < -0.4 is 10.2 Å². The number of oxazole rings is 1. The number of aromatic nitrogens is 1. The van der Waals surface area contributed by atoms with Crippen LogP contribution in [0, 0.1) is 17.2 Å². The zero-order valence-corrected chi connectivity index (χ0v) is 17.6. The van der Waals surface area contributed by atoms with Gasteiger partial charge in [-0.2, -0.15) is 10.2 Å². The van der Waals surface area contributed by atoms with Crippen LogP contribution >= 0.6 is 0 Å². The van der Waals surface area contributed by atoms with Gasteiger partial charge in [-0.25, -0.2) is 0 Å². The molecule has 162 valence electrons. The summed E-state index contributed by atoms with van der Waals surface area (Å²) in [5, 5.41) is 13.6. The molecular weight excluding hydrogens is 408 g/mol. The largest absolute Gasteiger partial charge is 0.459 e. The van der Waals surface area contributed by atoms with Crippen molar-refractivity contribution in [3.05, 3.63) is 60.2 Å². The molecule has 1 saturated heterocycles. The van der Waals surface area contributed by atoms with E-state index >= 15 is 0 Å². The zero-order valence-electron chi connectivity index (χ0n) is 17.6. The molecule has 0 aliphatic carbocycles. The first kappa shape index (κ1) is 19.9. The minimum Gasteiger partial charge on any atom is -0.459 e. The molecule has 1 unspecified atom stereocenters. The molecule has 8 heteroatoms. The predicted octanol–water partition coefficient (Wildman–Crippen LogP) is 4.65. The summed E-state index contributed by atoms with van der Waals surface area (Å²) >= 11 is 0. The van der Waals surface area contributed by atoms with E-state index in [2.05, 4.69) is 16.4 Å². The standard InChI is InChI=1S/C24H22N4O4/c1-15(21-13-17-5-2-3-6-19(17)31-21)26-22(29)16-8-10-28(11-9-16)24-18(14-25)27-23(32-24)20-7-4-12-30-20/h2-7,12-13,15-16H,8-11H2,1H3,(H,26,29). The maximum Gasteiger partial charge on any atom is 0.266 e. The SMILES string of the molecule is CC(NC(=O)C1CCN(c2oc(-c3ccco3)nc2C#N)CC1)c1cc2ccccc2o1. The van der Waals surface area contributed by atoms with Crippen molar-refractivity contribution in [2.45, 2.75) is 25.8 Å². The molecule has 3 aromatic heterocycles. The molecule has 4 aromatic rings. The lowest BCUT2D eigenvalue weighted by Crippen LogP contribution is -2.41. The maximum absolute atomic E-state index is 12.9. The highest BCUT2D eigenvalue weighted by Crippen LogP contribution is 2.31. The quantitative estimate of drug-likeness (QED) is 0.491. The van der Waals surface area contributed by atoms with Crippen molar-refractivity contribution in [1.82, 2.24) is 10.3 Å². The molecule has 0 radical (unpaired) electrons. The smallest absolute Gasteiger partial charge is 0.266 e. The molecule has 0 saturated carbocycles. The lowest BCUT2D eigenvalue weighted by molar-refractivity contribution is -0.126. The van der Waals surface area contributed by atoms with Crippen LogP contribution in [0.5, 0.6) is 0 Å². The van der Waals surface area contributed by atoms with Crippen LogP contribution in [0.1, 0.15) is 37.3 Å². The number of nitrogens with zero attached hydrogens (tertiary/aromatic N) is 3. The van der Waals surface area contributed by atoms with Gasteiger partial charge in [-0.1, -0.05) is 18.2 Å². The Balaban J connectivity index is 1.22.